The predicted octanol–water partition coefficient (Wildman–Crippen LogP) is 13.7. The summed E-state index contributed by atoms with van der Waals surface area (Å²) in [6.45, 7) is 0.734. The summed E-state index contributed by atoms with van der Waals surface area (Å²) >= 11 is 2.79. The molecular formula is C60H60N6O6S2. The largest absolute Gasteiger partial charge is 0.481 e. The standard InChI is InChI=1S/C60H60N6O6S2/c67-53(68)59(35-29-45(30-36-59)65(57(71)63-55-61-49-25-13-15-27-51(49)73-55)39-33-47(41-17-5-1-6-18-41)42-19-7-2-8-20-42)60(54(69)70)37-31-46(32-38-60)66(58(72)64-56-62-50-26-14-16-28-52(50)74-56)40-34-48(43-21-9-3-10-22-43)44-23-11-4-12-24-44/h1-28,45-48H,29-40H2,(H,67,68)(H,69,70)(H,61,63,71)(H,62,64,72). The van der Waals surface area contributed by atoms with E-state index >= 15 is 0 Å². The molecule has 0 spiro atoms. The number of carbonyl (C=O) groups excluding carboxylic acids is 2. The Bertz CT molecular complexity index is 2830. The summed E-state index contributed by atoms with van der Waals surface area (Å²) in [5.74, 6) is -2.30. The van der Waals surface area contributed by atoms with Crippen molar-refractivity contribution in [3.8, 4) is 0 Å². The number of hydrogen-bond acceptors (Lipinski definition) is 8. The molecule has 2 aliphatic rings. The lowest BCUT2D eigenvalue weighted by Crippen LogP contribution is -2.59. The number of thiazole rings is 2. The van der Waals surface area contributed by atoms with Gasteiger partial charge in [0, 0.05) is 37.0 Å². The van der Waals surface area contributed by atoms with Crippen molar-refractivity contribution in [3.63, 3.8) is 0 Å². The van der Waals surface area contributed by atoms with Crippen LogP contribution >= 0.6 is 22.7 Å². The van der Waals surface area contributed by atoms with E-state index in [1.165, 1.54) is 22.7 Å². The summed E-state index contributed by atoms with van der Waals surface area (Å²) in [5, 5.41) is 29.9. The van der Waals surface area contributed by atoms with Gasteiger partial charge in [0.1, 0.15) is 0 Å². The smallest absolute Gasteiger partial charge is 0.323 e. The molecule has 10 rings (SSSR count). The number of urea groups is 2. The zero-order chi connectivity index (χ0) is 51.1. The molecule has 74 heavy (non-hydrogen) atoms. The Kier molecular flexibility index (Phi) is 15.2. The van der Waals surface area contributed by atoms with Gasteiger partial charge in [-0.25, -0.2) is 19.6 Å². The molecule has 2 saturated carbocycles. The summed E-state index contributed by atoms with van der Waals surface area (Å²) in [6, 6.07) is 55.0. The van der Waals surface area contributed by atoms with E-state index in [2.05, 4.69) is 59.2 Å². The zero-order valence-corrected chi connectivity index (χ0v) is 42.7. The maximum Gasteiger partial charge on any atom is 0.323 e. The summed E-state index contributed by atoms with van der Waals surface area (Å²) in [6.07, 6.45) is 2.71. The molecule has 2 fully saturated rings. The molecule has 2 aliphatic carbocycles. The van der Waals surface area contributed by atoms with E-state index in [1.807, 2.05) is 131 Å². The number of para-hydroxylation sites is 2. The third-order valence-corrected chi connectivity index (χ3v) is 17.8. The van der Waals surface area contributed by atoms with Gasteiger partial charge in [0.15, 0.2) is 10.3 Å². The van der Waals surface area contributed by atoms with E-state index in [-0.39, 0.29) is 61.7 Å². The Balaban J connectivity index is 0.903. The van der Waals surface area contributed by atoms with E-state index in [1.54, 1.807) is 0 Å². The average Bonchev–Trinajstić information content (AvgIpc) is 4.05. The van der Waals surface area contributed by atoms with Gasteiger partial charge in [-0.3, -0.25) is 20.2 Å². The second kappa shape index (κ2) is 22.4. The van der Waals surface area contributed by atoms with Gasteiger partial charge in [0.2, 0.25) is 0 Å². The number of fused-ring (bicyclic) bond motifs is 2. The van der Waals surface area contributed by atoms with Crippen molar-refractivity contribution < 1.29 is 29.4 Å². The van der Waals surface area contributed by atoms with E-state index in [4.69, 9.17) is 9.97 Å². The van der Waals surface area contributed by atoms with E-state index in [0.717, 1.165) is 42.7 Å². The maximum absolute atomic E-state index is 14.6. The molecule has 8 aromatic rings. The molecule has 2 heterocycles. The van der Waals surface area contributed by atoms with E-state index in [0.29, 0.717) is 61.9 Å². The summed E-state index contributed by atoms with van der Waals surface area (Å²) in [7, 11) is 0. The Morgan fingerprint density at radius 3 is 1.07 bits per heavy atom. The van der Waals surface area contributed by atoms with Gasteiger partial charge in [0.25, 0.3) is 0 Å². The van der Waals surface area contributed by atoms with Gasteiger partial charge in [-0.05, 0) is 111 Å². The zero-order valence-electron chi connectivity index (χ0n) is 41.1. The number of hydrogen-bond donors (Lipinski definition) is 4. The van der Waals surface area contributed by atoms with Crippen molar-refractivity contribution in [1.29, 1.82) is 0 Å². The first kappa shape index (κ1) is 50.1. The first-order valence-corrected chi connectivity index (χ1v) is 27.3. The number of nitrogens with zero attached hydrogens (tertiary/aromatic N) is 4. The van der Waals surface area contributed by atoms with Crippen LogP contribution in [0.3, 0.4) is 0 Å². The summed E-state index contributed by atoms with van der Waals surface area (Å²) in [5.41, 5.74) is 2.85. The van der Waals surface area contributed by atoms with Gasteiger partial charge in [-0.2, -0.15) is 0 Å². The number of anilines is 2. The number of carboxylic acids is 2. The number of nitrogens with one attached hydrogen (secondary N) is 2. The van der Waals surface area contributed by atoms with Gasteiger partial charge in [0.05, 0.1) is 31.3 Å². The fourth-order valence-corrected chi connectivity index (χ4v) is 13.7. The molecule has 4 N–H and O–H groups in total. The maximum atomic E-state index is 14.6. The van der Waals surface area contributed by atoms with Crippen molar-refractivity contribution in [2.45, 2.75) is 88.1 Å². The minimum absolute atomic E-state index is 0.0206. The summed E-state index contributed by atoms with van der Waals surface area (Å²) < 4.78 is 1.89. The number of aliphatic carboxylic acids is 2. The second-order valence-electron chi connectivity index (χ2n) is 19.8. The third-order valence-electron chi connectivity index (χ3n) is 15.9. The Morgan fingerprint density at radius 1 is 0.473 bits per heavy atom. The molecule has 4 amide bonds. The predicted molar refractivity (Wildman–Crippen MR) is 294 cm³/mol. The van der Waals surface area contributed by atoms with Crippen LogP contribution in [-0.4, -0.2) is 79.2 Å². The van der Waals surface area contributed by atoms with Crippen LogP contribution in [0.4, 0.5) is 19.9 Å². The fourth-order valence-electron chi connectivity index (χ4n) is 12.0. The van der Waals surface area contributed by atoms with Crippen molar-refractivity contribution in [2.24, 2.45) is 10.8 Å². The highest BCUT2D eigenvalue weighted by Gasteiger charge is 2.63. The summed E-state index contributed by atoms with van der Waals surface area (Å²) in [4.78, 5) is 70.3. The topological polar surface area (TPSA) is 165 Å². The molecule has 12 nitrogen and oxygen atoms in total. The van der Waals surface area contributed by atoms with Crippen molar-refractivity contribution >= 4 is 77.4 Å². The quantitative estimate of drug-likeness (QED) is 0.0700. The van der Waals surface area contributed by atoms with Crippen LogP contribution in [-0.2, 0) is 9.59 Å². The van der Waals surface area contributed by atoms with Crippen LogP contribution in [0.25, 0.3) is 20.4 Å². The highest BCUT2D eigenvalue weighted by Crippen LogP contribution is 2.58. The fraction of sp³-hybridized carbons (Fsp3) is 0.300. The molecular weight excluding hydrogens is 965 g/mol. The number of amides is 4. The lowest BCUT2D eigenvalue weighted by atomic mass is 9.51. The van der Waals surface area contributed by atoms with Crippen LogP contribution in [0.1, 0.15) is 98.3 Å². The lowest BCUT2D eigenvalue weighted by molar-refractivity contribution is -0.184. The van der Waals surface area contributed by atoms with E-state index < -0.39 is 22.8 Å². The SMILES string of the molecule is O=C(Nc1nc2ccccc2s1)N(CCC(c1ccccc1)c1ccccc1)C1CCC(C(=O)O)(C2(C(=O)O)CCC(N(CCC(c3ccccc3)c3ccccc3)C(=O)Nc3nc4ccccc4s3)CC2)CC1. The number of rotatable bonds is 17. The minimum Gasteiger partial charge on any atom is -0.481 e. The normalized spacial score (nSPS) is 19.8. The number of benzene rings is 6. The molecule has 0 saturated heterocycles. The molecule has 14 heteroatoms. The monoisotopic (exact) mass is 1020 g/mol. The third kappa shape index (κ3) is 10.5. The Morgan fingerprint density at radius 2 is 0.770 bits per heavy atom. The molecule has 2 aromatic heterocycles. The first-order chi connectivity index (χ1) is 36.1. The van der Waals surface area contributed by atoms with Crippen LogP contribution in [0.5, 0.6) is 0 Å². The molecule has 0 bridgehead atoms. The van der Waals surface area contributed by atoms with Gasteiger partial charge in [-0.15, -0.1) is 0 Å². The first-order valence-electron chi connectivity index (χ1n) is 25.6. The number of carboxylic acid groups (broad SMARTS) is 2. The molecule has 0 atom stereocenters. The molecule has 378 valence electrons. The number of carbonyl (C=O) groups is 4. The second-order valence-corrected chi connectivity index (χ2v) is 21.8. The van der Waals surface area contributed by atoms with Gasteiger partial charge < -0.3 is 20.0 Å². The molecule has 0 aliphatic heterocycles. The van der Waals surface area contributed by atoms with Gasteiger partial charge >= 0.3 is 24.0 Å². The Hall–Kier alpha value is -7.42. The van der Waals surface area contributed by atoms with Crippen LogP contribution in [0, 0.1) is 10.8 Å². The highest BCUT2D eigenvalue weighted by atomic mass is 32.1. The average molecular weight is 1030 g/mol. The van der Waals surface area contributed by atoms with Crippen LogP contribution < -0.4 is 10.6 Å². The Labute approximate surface area is 439 Å². The van der Waals surface area contributed by atoms with Gasteiger partial charge in [-0.1, -0.05) is 168 Å². The van der Waals surface area contributed by atoms with Crippen LogP contribution in [0.15, 0.2) is 170 Å². The van der Waals surface area contributed by atoms with E-state index in [9.17, 15) is 29.4 Å². The van der Waals surface area contributed by atoms with Crippen LogP contribution in [0.2, 0.25) is 0 Å². The number of aromatic nitrogens is 2. The molecule has 0 radical (unpaired) electrons. The lowest BCUT2D eigenvalue weighted by Gasteiger charge is -2.53. The van der Waals surface area contributed by atoms with Crippen molar-refractivity contribution in [3.05, 3.63) is 192 Å². The van der Waals surface area contributed by atoms with Crippen molar-refractivity contribution in [1.82, 2.24) is 19.8 Å². The highest BCUT2D eigenvalue weighted by molar-refractivity contribution is 7.22. The van der Waals surface area contributed by atoms with Crippen molar-refractivity contribution in [2.75, 3.05) is 23.7 Å². The minimum atomic E-state index is -1.61. The molecule has 6 aromatic carbocycles. The molecule has 0 unspecified atom stereocenters.